The van der Waals surface area contributed by atoms with Crippen LogP contribution in [0.3, 0.4) is 0 Å². The minimum absolute atomic E-state index is 0.603. The molecular weight excluding hydrogens is 328 g/mol. The number of hydrogen-bond donors (Lipinski definition) is 1. The van der Waals surface area contributed by atoms with Crippen molar-refractivity contribution in [3.05, 3.63) is 54.1 Å². The number of aromatic nitrogens is 2. The van der Waals surface area contributed by atoms with Crippen LogP contribution in [-0.2, 0) is 11.3 Å². The molecule has 1 N–H and O–H groups in total. The molecule has 0 amide bonds. The molecule has 1 fully saturated rings. The van der Waals surface area contributed by atoms with E-state index in [4.69, 9.17) is 14.5 Å². The van der Waals surface area contributed by atoms with Crippen LogP contribution in [0.15, 0.2) is 48.5 Å². The van der Waals surface area contributed by atoms with Crippen molar-refractivity contribution in [3.8, 4) is 5.88 Å². The Hall–Kier alpha value is -2.86. The van der Waals surface area contributed by atoms with Gasteiger partial charge in [0.2, 0.25) is 11.8 Å². The third kappa shape index (κ3) is 3.55. The Labute approximate surface area is 152 Å². The van der Waals surface area contributed by atoms with Crippen LogP contribution in [0.1, 0.15) is 5.56 Å². The van der Waals surface area contributed by atoms with E-state index >= 15 is 0 Å². The van der Waals surface area contributed by atoms with E-state index in [1.165, 1.54) is 5.56 Å². The number of benzene rings is 2. The van der Waals surface area contributed by atoms with E-state index in [9.17, 15) is 0 Å². The molecule has 6 nitrogen and oxygen atoms in total. The molecule has 26 heavy (non-hydrogen) atoms. The first-order chi connectivity index (χ1) is 12.8. The smallest absolute Gasteiger partial charge is 0.229 e. The average Bonchev–Trinajstić information content (AvgIpc) is 2.72. The zero-order valence-electron chi connectivity index (χ0n) is 14.8. The number of anilines is 2. The fourth-order valence-electron chi connectivity index (χ4n) is 3.06. The van der Waals surface area contributed by atoms with Gasteiger partial charge in [-0.1, -0.05) is 30.3 Å². The highest BCUT2D eigenvalue weighted by Gasteiger charge is 2.17. The minimum Gasteiger partial charge on any atom is -0.480 e. The Morgan fingerprint density at radius 1 is 1.08 bits per heavy atom. The zero-order chi connectivity index (χ0) is 17.8. The van der Waals surface area contributed by atoms with Gasteiger partial charge in [-0.05, 0) is 23.8 Å². The maximum Gasteiger partial charge on any atom is 0.229 e. The second-order valence-electron chi connectivity index (χ2n) is 6.20. The molecule has 6 heteroatoms. The number of rotatable bonds is 5. The van der Waals surface area contributed by atoms with E-state index in [2.05, 4.69) is 27.3 Å². The van der Waals surface area contributed by atoms with E-state index in [1.807, 2.05) is 36.4 Å². The lowest BCUT2D eigenvalue weighted by atomic mass is 10.2. The summed E-state index contributed by atoms with van der Waals surface area (Å²) in [6.45, 7) is 3.75. The van der Waals surface area contributed by atoms with Gasteiger partial charge in [0.05, 0.1) is 31.2 Å². The van der Waals surface area contributed by atoms with Crippen molar-refractivity contribution in [1.29, 1.82) is 0 Å². The SMILES string of the molecule is COc1nc(N2CCOCC2)nc2cc(NCc3ccccc3)ccc12. The lowest BCUT2D eigenvalue weighted by molar-refractivity contribution is 0.122. The second kappa shape index (κ2) is 7.58. The molecule has 1 aromatic heterocycles. The normalized spacial score (nSPS) is 14.4. The Balaban J connectivity index is 1.62. The van der Waals surface area contributed by atoms with Crippen molar-refractivity contribution in [1.82, 2.24) is 9.97 Å². The van der Waals surface area contributed by atoms with Crippen LogP contribution in [-0.4, -0.2) is 43.4 Å². The van der Waals surface area contributed by atoms with Crippen LogP contribution in [0.5, 0.6) is 5.88 Å². The summed E-state index contributed by atoms with van der Waals surface area (Å²) in [5.41, 5.74) is 3.13. The summed E-state index contributed by atoms with van der Waals surface area (Å²) in [4.78, 5) is 11.5. The molecule has 4 rings (SSSR count). The molecule has 1 aliphatic rings. The van der Waals surface area contributed by atoms with Gasteiger partial charge < -0.3 is 19.7 Å². The number of nitrogens with zero attached hydrogens (tertiary/aromatic N) is 3. The van der Waals surface area contributed by atoms with Crippen LogP contribution in [0.2, 0.25) is 0 Å². The van der Waals surface area contributed by atoms with Gasteiger partial charge in [-0.3, -0.25) is 0 Å². The first-order valence-corrected chi connectivity index (χ1v) is 8.80. The van der Waals surface area contributed by atoms with E-state index in [0.29, 0.717) is 25.0 Å². The van der Waals surface area contributed by atoms with Crippen molar-refractivity contribution in [2.75, 3.05) is 43.6 Å². The molecule has 0 bridgehead atoms. The predicted octanol–water partition coefficient (Wildman–Crippen LogP) is 3.09. The number of hydrogen-bond acceptors (Lipinski definition) is 6. The maximum absolute atomic E-state index is 5.50. The number of nitrogens with one attached hydrogen (secondary N) is 1. The van der Waals surface area contributed by atoms with Gasteiger partial charge in [-0.25, -0.2) is 4.98 Å². The van der Waals surface area contributed by atoms with Crippen LogP contribution in [0.4, 0.5) is 11.6 Å². The summed E-state index contributed by atoms with van der Waals surface area (Å²) in [6, 6.07) is 16.4. The molecule has 0 atom stereocenters. The molecule has 134 valence electrons. The molecule has 3 aromatic rings. The van der Waals surface area contributed by atoms with Crippen LogP contribution in [0, 0.1) is 0 Å². The lowest BCUT2D eigenvalue weighted by Gasteiger charge is -2.27. The second-order valence-corrected chi connectivity index (χ2v) is 6.20. The fraction of sp³-hybridized carbons (Fsp3) is 0.300. The van der Waals surface area contributed by atoms with Crippen LogP contribution >= 0.6 is 0 Å². The molecule has 1 saturated heterocycles. The van der Waals surface area contributed by atoms with Gasteiger partial charge in [0, 0.05) is 25.3 Å². The van der Waals surface area contributed by atoms with Gasteiger partial charge in [-0.15, -0.1) is 0 Å². The number of fused-ring (bicyclic) bond motifs is 1. The van der Waals surface area contributed by atoms with Crippen LogP contribution in [0.25, 0.3) is 10.9 Å². The Kier molecular flexibility index (Phi) is 4.84. The summed E-state index contributed by atoms with van der Waals surface area (Å²) in [5.74, 6) is 1.30. The highest BCUT2D eigenvalue weighted by atomic mass is 16.5. The van der Waals surface area contributed by atoms with Crippen molar-refractivity contribution >= 4 is 22.5 Å². The van der Waals surface area contributed by atoms with Gasteiger partial charge in [-0.2, -0.15) is 4.98 Å². The zero-order valence-corrected chi connectivity index (χ0v) is 14.8. The first kappa shape index (κ1) is 16.6. The van der Waals surface area contributed by atoms with Gasteiger partial charge in [0.1, 0.15) is 0 Å². The number of morpholine rings is 1. The summed E-state index contributed by atoms with van der Waals surface area (Å²) in [7, 11) is 1.65. The van der Waals surface area contributed by atoms with Crippen molar-refractivity contribution in [2.45, 2.75) is 6.54 Å². The van der Waals surface area contributed by atoms with Crippen molar-refractivity contribution in [3.63, 3.8) is 0 Å². The maximum atomic E-state index is 5.50. The van der Waals surface area contributed by atoms with Crippen molar-refractivity contribution < 1.29 is 9.47 Å². The standard InChI is InChI=1S/C20H22N4O2/c1-25-19-17-8-7-16(21-14-15-5-3-2-4-6-15)13-18(17)22-20(23-19)24-9-11-26-12-10-24/h2-8,13,21H,9-12,14H2,1H3. The van der Waals surface area contributed by atoms with Crippen LogP contribution < -0.4 is 15.0 Å². The third-order valence-corrected chi connectivity index (χ3v) is 4.48. The predicted molar refractivity (Wildman–Crippen MR) is 103 cm³/mol. The molecule has 1 aliphatic heterocycles. The van der Waals surface area contributed by atoms with E-state index in [0.717, 1.165) is 36.2 Å². The van der Waals surface area contributed by atoms with E-state index in [1.54, 1.807) is 7.11 Å². The molecular formula is C20H22N4O2. The monoisotopic (exact) mass is 350 g/mol. The quantitative estimate of drug-likeness (QED) is 0.763. The molecule has 0 radical (unpaired) electrons. The molecule has 2 aromatic carbocycles. The third-order valence-electron chi connectivity index (χ3n) is 4.48. The topological polar surface area (TPSA) is 59.5 Å². The average molecular weight is 350 g/mol. The Morgan fingerprint density at radius 3 is 2.65 bits per heavy atom. The van der Waals surface area contributed by atoms with Gasteiger partial charge in [0.25, 0.3) is 0 Å². The van der Waals surface area contributed by atoms with E-state index < -0.39 is 0 Å². The van der Waals surface area contributed by atoms with E-state index in [-0.39, 0.29) is 0 Å². The molecule has 0 aliphatic carbocycles. The van der Waals surface area contributed by atoms with Gasteiger partial charge in [0.15, 0.2) is 0 Å². The lowest BCUT2D eigenvalue weighted by Crippen LogP contribution is -2.37. The summed E-state index contributed by atoms with van der Waals surface area (Å²) < 4.78 is 10.9. The molecule has 0 unspecified atom stereocenters. The fourth-order valence-corrected chi connectivity index (χ4v) is 3.06. The van der Waals surface area contributed by atoms with Gasteiger partial charge >= 0.3 is 0 Å². The summed E-state index contributed by atoms with van der Waals surface area (Å²) >= 11 is 0. The Bertz CT molecular complexity index is 880. The molecule has 0 saturated carbocycles. The Morgan fingerprint density at radius 2 is 1.88 bits per heavy atom. The first-order valence-electron chi connectivity index (χ1n) is 8.80. The highest BCUT2D eigenvalue weighted by molar-refractivity contribution is 5.87. The van der Waals surface area contributed by atoms with Crippen molar-refractivity contribution in [2.24, 2.45) is 0 Å². The highest BCUT2D eigenvalue weighted by Crippen LogP contribution is 2.28. The number of methoxy groups -OCH3 is 1. The number of ether oxygens (including phenoxy) is 2. The summed E-state index contributed by atoms with van der Waals surface area (Å²) in [5, 5.41) is 4.37. The minimum atomic E-state index is 0.603. The summed E-state index contributed by atoms with van der Waals surface area (Å²) in [6.07, 6.45) is 0. The molecule has 2 heterocycles. The molecule has 0 spiro atoms. The largest absolute Gasteiger partial charge is 0.480 e.